The zero-order valence-corrected chi connectivity index (χ0v) is 11.3. The Balaban J connectivity index is 2.96. The van der Waals surface area contributed by atoms with Gasteiger partial charge in [0.2, 0.25) is 0 Å². The molecular formula is C13H17FN2O4. The molecule has 0 spiro atoms. The summed E-state index contributed by atoms with van der Waals surface area (Å²) >= 11 is 0. The number of nitrogens with two attached hydrogens (primary N) is 1. The van der Waals surface area contributed by atoms with Crippen LogP contribution in [0.1, 0.15) is 12.5 Å². The van der Waals surface area contributed by atoms with Gasteiger partial charge in [0.1, 0.15) is 5.70 Å². The molecule has 0 aliphatic heterocycles. The molecule has 0 unspecified atom stereocenters. The van der Waals surface area contributed by atoms with Crippen LogP contribution in [-0.4, -0.2) is 24.8 Å². The van der Waals surface area contributed by atoms with E-state index in [1.54, 1.807) is 6.92 Å². The number of carbonyl (C=O) groups is 1. The van der Waals surface area contributed by atoms with E-state index < -0.39 is 18.4 Å². The summed E-state index contributed by atoms with van der Waals surface area (Å²) in [4.78, 5) is 11.3. The molecule has 20 heavy (non-hydrogen) atoms. The highest BCUT2D eigenvalue weighted by Crippen LogP contribution is 2.27. The van der Waals surface area contributed by atoms with Gasteiger partial charge >= 0.3 is 5.97 Å². The lowest BCUT2D eigenvalue weighted by Gasteiger charge is -2.11. The fourth-order valence-corrected chi connectivity index (χ4v) is 1.48. The van der Waals surface area contributed by atoms with E-state index >= 15 is 0 Å². The van der Waals surface area contributed by atoms with E-state index in [0.717, 1.165) is 0 Å². The van der Waals surface area contributed by atoms with Crippen LogP contribution in [0.3, 0.4) is 0 Å². The van der Waals surface area contributed by atoms with Crippen molar-refractivity contribution < 1.29 is 23.8 Å². The highest BCUT2D eigenvalue weighted by Gasteiger charge is 2.13. The number of carbonyl (C=O) groups excluding carboxylic acids is 1. The summed E-state index contributed by atoms with van der Waals surface area (Å²) in [6, 6.07) is 2.90. The normalized spacial score (nSPS) is 11.1. The van der Waals surface area contributed by atoms with Crippen LogP contribution in [0.4, 0.5) is 10.1 Å². The van der Waals surface area contributed by atoms with Crippen LogP contribution in [0.15, 0.2) is 24.0 Å². The molecule has 0 radical (unpaired) electrons. The fourth-order valence-electron chi connectivity index (χ4n) is 1.48. The van der Waals surface area contributed by atoms with Crippen molar-refractivity contribution in [2.24, 2.45) is 5.73 Å². The third-order valence-corrected chi connectivity index (χ3v) is 2.48. The number of hydrogen-bond donors (Lipinski definition) is 3. The monoisotopic (exact) mass is 284 g/mol. The molecule has 7 heteroatoms. The van der Waals surface area contributed by atoms with Crippen LogP contribution in [-0.2, 0) is 16.1 Å². The predicted molar refractivity (Wildman–Crippen MR) is 71.4 cm³/mol. The quantitative estimate of drug-likeness (QED) is 0.535. The standard InChI is InChI=1S/C13H17FN2O4/c1-3-20-13(18)9(15)6-16-10-4-5-11(19-2)12(14)8(10)7-17/h4-6,16-17H,3,7,15H2,1-2H3/b9-6-. The van der Waals surface area contributed by atoms with Crippen molar-refractivity contribution in [3.05, 3.63) is 35.4 Å². The predicted octanol–water partition coefficient (Wildman–Crippen LogP) is 1.10. The second-order valence-electron chi connectivity index (χ2n) is 3.73. The lowest BCUT2D eigenvalue weighted by molar-refractivity contribution is -0.138. The summed E-state index contributed by atoms with van der Waals surface area (Å²) in [5.41, 5.74) is 5.61. The molecule has 0 aliphatic carbocycles. The van der Waals surface area contributed by atoms with Gasteiger partial charge in [0.05, 0.1) is 20.3 Å². The number of hydrogen-bond acceptors (Lipinski definition) is 6. The lowest BCUT2D eigenvalue weighted by Crippen LogP contribution is -2.16. The van der Waals surface area contributed by atoms with E-state index in [4.69, 9.17) is 15.2 Å². The van der Waals surface area contributed by atoms with Gasteiger partial charge < -0.3 is 25.6 Å². The third-order valence-electron chi connectivity index (χ3n) is 2.48. The van der Waals surface area contributed by atoms with Gasteiger partial charge in [-0.2, -0.15) is 0 Å². The first-order chi connectivity index (χ1) is 9.54. The summed E-state index contributed by atoms with van der Waals surface area (Å²) in [5, 5.41) is 11.9. The fraction of sp³-hybridized carbons (Fsp3) is 0.308. The van der Waals surface area contributed by atoms with Gasteiger partial charge in [-0.05, 0) is 19.1 Å². The summed E-state index contributed by atoms with van der Waals surface area (Å²) in [7, 11) is 1.32. The molecule has 0 saturated carbocycles. The maximum Gasteiger partial charge on any atom is 0.355 e. The molecule has 0 heterocycles. The number of halogens is 1. The summed E-state index contributed by atoms with van der Waals surface area (Å²) in [6.07, 6.45) is 1.18. The molecule has 0 saturated heterocycles. The lowest BCUT2D eigenvalue weighted by atomic mass is 10.1. The van der Waals surface area contributed by atoms with Gasteiger partial charge in [0.25, 0.3) is 0 Å². The Labute approximate surface area is 116 Å². The molecule has 1 aromatic rings. The van der Waals surface area contributed by atoms with Crippen LogP contribution < -0.4 is 15.8 Å². The number of benzene rings is 1. The molecule has 4 N–H and O–H groups in total. The summed E-state index contributed by atoms with van der Waals surface area (Å²) in [5.74, 6) is -1.34. The number of rotatable bonds is 6. The minimum atomic E-state index is -0.681. The molecule has 1 rings (SSSR count). The van der Waals surface area contributed by atoms with Crippen molar-refractivity contribution in [2.75, 3.05) is 19.0 Å². The van der Waals surface area contributed by atoms with Crippen LogP contribution in [0, 0.1) is 5.82 Å². The second-order valence-corrected chi connectivity index (χ2v) is 3.73. The first kappa shape index (κ1) is 15.8. The molecule has 0 bridgehead atoms. The Morgan fingerprint density at radius 2 is 2.25 bits per heavy atom. The van der Waals surface area contributed by atoms with Crippen molar-refractivity contribution in [2.45, 2.75) is 13.5 Å². The zero-order valence-electron chi connectivity index (χ0n) is 11.3. The van der Waals surface area contributed by atoms with Crippen molar-refractivity contribution in [3.63, 3.8) is 0 Å². The van der Waals surface area contributed by atoms with E-state index in [0.29, 0.717) is 0 Å². The van der Waals surface area contributed by atoms with E-state index in [1.807, 2.05) is 0 Å². The van der Waals surface area contributed by atoms with Gasteiger partial charge in [-0.1, -0.05) is 0 Å². The molecule has 0 aliphatic rings. The van der Waals surface area contributed by atoms with Crippen LogP contribution in [0.5, 0.6) is 5.75 Å². The van der Waals surface area contributed by atoms with Crippen molar-refractivity contribution >= 4 is 11.7 Å². The van der Waals surface area contributed by atoms with Crippen LogP contribution in [0.2, 0.25) is 0 Å². The second kappa shape index (κ2) is 7.34. The van der Waals surface area contributed by atoms with Crippen molar-refractivity contribution in [1.82, 2.24) is 0 Å². The Morgan fingerprint density at radius 1 is 1.55 bits per heavy atom. The van der Waals surface area contributed by atoms with E-state index in [1.165, 1.54) is 25.4 Å². The number of nitrogens with one attached hydrogen (secondary N) is 1. The number of esters is 1. The number of aliphatic hydroxyl groups is 1. The SMILES string of the molecule is CCOC(=O)/C(N)=C/Nc1ccc(OC)c(F)c1CO. The van der Waals surface area contributed by atoms with Crippen LogP contribution >= 0.6 is 0 Å². The van der Waals surface area contributed by atoms with Gasteiger partial charge in [-0.3, -0.25) is 0 Å². The number of anilines is 1. The van der Waals surface area contributed by atoms with E-state index in [9.17, 15) is 14.3 Å². The largest absolute Gasteiger partial charge is 0.494 e. The Morgan fingerprint density at radius 3 is 2.80 bits per heavy atom. The Kier molecular flexibility index (Phi) is 5.79. The highest BCUT2D eigenvalue weighted by atomic mass is 19.1. The molecule has 0 atom stereocenters. The molecule has 0 amide bonds. The molecule has 0 fully saturated rings. The first-order valence-electron chi connectivity index (χ1n) is 5.90. The van der Waals surface area contributed by atoms with Gasteiger partial charge in [-0.15, -0.1) is 0 Å². The average molecular weight is 284 g/mol. The smallest absolute Gasteiger partial charge is 0.355 e. The number of methoxy groups -OCH3 is 1. The topological polar surface area (TPSA) is 93.8 Å². The molecule has 6 nitrogen and oxygen atoms in total. The van der Waals surface area contributed by atoms with Crippen molar-refractivity contribution in [3.8, 4) is 5.75 Å². The Hall–Kier alpha value is -2.28. The van der Waals surface area contributed by atoms with E-state index in [2.05, 4.69) is 5.32 Å². The number of ether oxygens (including phenoxy) is 2. The average Bonchev–Trinajstić information content (AvgIpc) is 2.45. The van der Waals surface area contributed by atoms with Gasteiger partial charge in [0, 0.05) is 17.5 Å². The minimum absolute atomic E-state index is 0.0114. The van der Waals surface area contributed by atoms with Gasteiger partial charge in [-0.25, -0.2) is 9.18 Å². The van der Waals surface area contributed by atoms with Crippen molar-refractivity contribution in [1.29, 1.82) is 0 Å². The maximum absolute atomic E-state index is 13.9. The molecule has 110 valence electrons. The minimum Gasteiger partial charge on any atom is -0.494 e. The third kappa shape index (κ3) is 3.61. The first-order valence-corrected chi connectivity index (χ1v) is 5.90. The molecule has 1 aromatic carbocycles. The zero-order chi connectivity index (χ0) is 15.1. The van der Waals surface area contributed by atoms with Crippen LogP contribution in [0.25, 0.3) is 0 Å². The molecular weight excluding hydrogens is 267 g/mol. The highest BCUT2D eigenvalue weighted by molar-refractivity contribution is 5.87. The number of aliphatic hydroxyl groups excluding tert-OH is 1. The summed E-state index contributed by atoms with van der Waals surface area (Å²) in [6.45, 7) is 1.33. The molecule has 0 aromatic heterocycles. The van der Waals surface area contributed by atoms with Gasteiger partial charge in [0.15, 0.2) is 11.6 Å². The van der Waals surface area contributed by atoms with E-state index in [-0.39, 0.29) is 29.3 Å². The summed E-state index contributed by atoms with van der Waals surface area (Å²) < 4.78 is 23.4. The maximum atomic E-state index is 13.9. The Bertz CT molecular complexity index is 517.